The summed E-state index contributed by atoms with van der Waals surface area (Å²) in [4.78, 5) is 28.4. The van der Waals surface area contributed by atoms with Crippen LogP contribution in [0.25, 0.3) is 0 Å². The number of amides is 2. The molecule has 180 valence electrons. The maximum Gasteiger partial charge on any atom is 0.224 e. The SMILES string of the molecule is O=C1CCC(c2ccc(Cl)cc2)CN1CNC(=S)NCN1CC(c2ccc(Cl)cc2)CCC1=O. The predicted molar refractivity (Wildman–Crippen MR) is 139 cm³/mol. The Bertz CT molecular complexity index is 951. The monoisotopic (exact) mass is 518 g/mol. The number of likely N-dealkylation sites (tertiary alicyclic amines) is 2. The van der Waals surface area contributed by atoms with Crippen molar-refractivity contribution in [2.45, 2.75) is 37.5 Å². The first-order valence-electron chi connectivity index (χ1n) is 11.5. The first kappa shape index (κ1) is 24.8. The number of benzene rings is 2. The standard InChI is InChI=1S/C25H28Cl2N4O2S/c26-21-7-1-17(2-8-21)19-5-11-23(32)30(13-19)15-28-25(34)29-16-31-14-20(6-12-24(31)33)18-3-9-22(27)10-4-18/h1-4,7-10,19-20H,5-6,11-16H2,(H2,28,29,34). The molecule has 2 aromatic carbocycles. The van der Waals surface area contributed by atoms with E-state index in [1.807, 2.05) is 48.5 Å². The van der Waals surface area contributed by atoms with Crippen molar-refractivity contribution in [3.8, 4) is 0 Å². The van der Waals surface area contributed by atoms with E-state index in [-0.39, 0.29) is 23.7 Å². The molecule has 2 unspecified atom stereocenters. The van der Waals surface area contributed by atoms with Gasteiger partial charge >= 0.3 is 0 Å². The van der Waals surface area contributed by atoms with Gasteiger partial charge in [0.2, 0.25) is 11.8 Å². The highest BCUT2D eigenvalue weighted by Crippen LogP contribution is 2.29. The van der Waals surface area contributed by atoms with Gasteiger partial charge in [-0.2, -0.15) is 0 Å². The van der Waals surface area contributed by atoms with Crippen LogP contribution in [-0.2, 0) is 9.59 Å². The number of nitrogens with one attached hydrogen (secondary N) is 2. The van der Waals surface area contributed by atoms with Gasteiger partial charge in [0.1, 0.15) is 0 Å². The fourth-order valence-electron chi connectivity index (χ4n) is 4.55. The molecule has 2 fully saturated rings. The Kier molecular flexibility index (Phi) is 8.29. The Balaban J connectivity index is 1.25. The maximum atomic E-state index is 12.4. The van der Waals surface area contributed by atoms with Crippen LogP contribution in [0, 0.1) is 0 Å². The van der Waals surface area contributed by atoms with Gasteiger partial charge in [0.25, 0.3) is 0 Å². The number of thiocarbonyl (C=S) groups is 1. The number of halogens is 2. The van der Waals surface area contributed by atoms with Crippen LogP contribution in [0.4, 0.5) is 0 Å². The van der Waals surface area contributed by atoms with Gasteiger partial charge in [-0.1, -0.05) is 47.5 Å². The van der Waals surface area contributed by atoms with Crippen molar-refractivity contribution in [2.24, 2.45) is 0 Å². The highest BCUT2D eigenvalue weighted by molar-refractivity contribution is 7.80. The van der Waals surface area contributed by atoms with E-state index in [0.29, 0.717) is 54.4 Å². The van der Waals surface area contributed by atoms with Gasteiger partial charge in [0, 0.05) is 47.8 Å². The Labute approximate surface area is 215 Å². The summed E-state index contributed by atoms with van der Waals surface area (Å²) in [7, 11) is 0. The summed E-state index contributed by atoms with van der Waals surface area (Å²) in [6, 6.07) is 15.6. The molecule has 0 aliphatic carbocycles. The first-order valence-corrected chi connectivity index (χ1v) is 12.6. The lowest BCUT2D eigenvalue weighted by molar-refractivity contribution is -0.134. The van der Waals surface area contributed by atoms with Crippen molar-refractivity contribution in [2.75, 3.05) is 26.4 Å². The lowest BCUT2D eigenvalue weighted by atomic mass is 9.90. The third-order valence-corrected chi connectivity index (χ3v) is 7.34. The van der Waals surface area contributed by atoms with Gasteiger partial charge in [-0.3, -0.25) is 9.59 Å². The molecule has 9 heteroatoms. The van der Waals surface area contributed by atoms with Crippen molar-refractivity contribution < 1.29 is 9.59 Å². The summed E-state index contributed by atoms with van der Waals surface area (Å²) in [6.45, 7) is 1.92. The van der Waals surface area contributed by atoms with Crippen molar-refractivity contribution in [3.63, 3.8) is 0 Å². The van der Waals surface area contributed by atoms with Crippen LogP contribution in [0.1, 0.15) is 48.6 Å². The van der Waals surface area contributed by atoms with Crippen molar-refractivity contribution >= 4 is 52.3 Å². The number of carbonyl (C=O) groups is 2. The quantitative estimate of drug-likeness (QED) is 0.551. The van der Waals surface area contributed by atoms with Gasteiger partial charge in [0.05, 0.1) is 13.3 Å². The van der Waals surface area contributed by atoms with E-state index in [9.17, 15) is 9.59 Å². The molecule has 2 aromatic rings. The number of piperidine rings is 2. The van der Waals surface area contributed by atoms with Crippen LogP contribution in [0.2, 0.25) is 10.0 Å². The molecule has 2 heterocycles. The minimum absolute atomic E-state index is 0.109. The molecule has 34 heavy (non-hydrogen) atoms. The van der Waals surface area contributed by atoms with E-state index in [2.05, 4.69) is 10.6 Å². The zero-order valence-electron chi connectivity index (χ0n) is 18.8. The smallest absolute Gasteiger partial charge is 0.224 e. The topological polar surface area (TPSA) is 64.7 Å². The largest absolute Gasteiger partial charge is 0.345 e. The third-order valence-electron chi connectivity index (χ3n) is 6.54. The van der Waals surface area contributed by atoms with Gasteiger partial charge in [-0.15, -0.1) is 0 Å². The minimum Gasteiger partial charge on any atom is -0.345 e. The zero-order chi connectivity index (χ0) is 24.1. The zero-order valence-corrected chi connectivity index (χ0v) is 21.1. The maximum absolute atomic E-state index is 12.4. The Morgan fingerprint density at radius 2 is 1.15 bits per heavy atom. The van der Waals surface area contributed by atoms with E-state index in [1.165, 1.54) is 11.1 Å². The fraction of sp³-hybridized carbons (Fsp3) is 0.400. The normalized spacial score (nSPS) is 20.9. The molecule has 0 saturated carbocycles. The average molecular weight is 519 g/mol. The Morgan fingerprint density at radius 3 is 1.53 bits per heavy atom. The van der Waals surface area contributed by atoms with Crippen LogP contribution in [0.5, 0.6) is 0 Å². The molecule has 4 rings (SSSR count). The molecular weight excluding hydrogens is 491 g/mol. The number of nitrogens with zero attached hydrogens (tertiary/aromatic N) is 2. The minimum atomic E-state index is 0.109. The van der Waals surface area contributed by atoms with Crippen LogP contribution in [0.3, 0.4) is 0 Å². The second-order valence-corrected chi connectivity index (χ2v) is 10.1. The Morgan fingerprint density at radius 1 is 0.765 bits per heavy atom. The number of rotatable bonds is 6. The highest BCUT2D eigenvalue weighted by atomic mass is 35.5. The van der Waals surface area contributed by atoms with Gasteiger partial charge in [-0.25, -0.2) is 0 Å². The molecule has 0 bridgehead atoms. The van der Waals surface area contributed by atoms with E-state index in [1.54, 1.807) is 9.80 Å². The second-order valence-electron chi connectivity index (χ2n) is 8.81. The lowest BCUT2D eigenvalue weighted by Gasteiger charge is -2.34. The second kappa shape index (κ2) is 11.4. The number of carbonyl (C=O) groups excluding carboxylic acids is 2. The lowest BCUT2D eigenvalue weighted by Crippen LogP contribution is -2.51. The summed E-state index contributed by atoms with van der Waals surface area (Å²) < 4.78 is 0. The molecular formula is C25H28Cl2N4O2S. The molecule has 2 aliphatic heterocycles. The molecule has 2 saturated heterocycles. The number of hydrogen-bond donors (Lipinski definition) is 2. The number of hydrogen-bond acceptors (Lipinski definition) is 3. The van der Waals surface area contributed by atoms with Crippen LogP contribution < -0.4 is 10.6 Å². The predicted octanol–water partition coefficient (Wildman–Crippen LogP) is 4.48. The molecule has 0 radical (unpaired) electrons. The molecule has 0 aromatic heterocycles. The molecule has 2 atom stereocenters. The van der Waals surface area contributed by atoms with Crippen LogP contribution in [0.15, 0.2) is 48.5 Å². The summed E-state index contributed by atoms with van der Waals surface area (Å²) in [5, 5.41) is 8.07. The summed E-state index contributed by atoms with van der Waals surface area (Å²) in [5.41, 5.74) is 2.36. The molecule has 2 amide bonds. The summed E-state index contributed by atoms with van der Waals surface area (Å²) in [5.74, 6) is 0.762. The van der Waals surface area contributed by atoms with Crippen molar-refractivity contribution in [1.29, 1.82) is 0 Å². The third kappa shape index (κ3) is 6.40. The van der Waals surface area contributed by atoms with Crippen LogP contribution in [-0.4, -0.2) is 53.2 Å². The van der Waals surface area contributed by atoms with Crippen LogP contribution >= 0.6 is 35.4 Å². The van der Waals surface area contributed by atoms with Crippen molar-refractivity contribution in [1.82, 2.24) is 20.4 Å². The molecule has 0 spiro atoms. The van der Waals surface area contributed by atoms with Gasteiger partial charge in [-0.05, 0) is 60.5 Å². The van der Waals surface area contributed by atoms with E-state index in [0.717, 1.165) is 12.8 Å². The Hall–Kier alpha value is -2.35. The van der Waals surface area contributed by atoms with Gasteiger partial charge in [0.15, 0.2) is 5.11 Å². The average Bonchev–Trinajstić information content (AvgIpc) is 2.84. The van der Waals surface area contributed by atoms with E-state index < -0.39 is 0 Å². The first-order chi connectivity index (χ1) is 16.4. The highest BCUT2D eigenvalue weighted by Gasteiger charge is 2.28. The van der Waals surface area contributed by atoms with Gasteiger partial charge < -0.3 is 20.4 Å². The van der Waals surface area contributed by atoms with E-state index >= 15 is 0 Å². The fourth-order valence-corrected chi connectivity index (χ4v) is 4.93. The molecule has 6 nitrogen and oxygen atoms in total. The molecule has 2 aliphatic rings. The molecule has 2 N–H and O–H groups in total. The summed E-state index contributed by atoms with van der Waals surface area (Å²) in [6.07, 6.45) is 2.66. The summed E-state index contributed by atoms with van der Waals surface area (Å²) >= 11 is 17.4. The van der Waals surface area contributed by atoms with Crippen molar-refractivity contribution in [3.05, 3.63) is 69.7 Å². The van der Waals surface area contributed by atoms with E-state index in [4.69, 9.17) is 35.4 Å².